The molecule has 0 bridgehead atoms. The van der Waals surface area contributed by atoms with Gasteiger partial charge in [0.2, 0.25) is 0 Å². The molecule has 5 aromatic rings. The van der Waals surface area contributed by atoms with E-state index in [0.717, 1.165) is 27.6 Å². The monoisotopic (exact) mass is 366 g/mol. The molecule has 1 heterocycles. The van der Waals surface area contributed by atoms with Gasteiger partial charge in [-0.15, -0.1) is 0 Å². The zero-order valence-corrected chi connectivity index (χ0v) is 14.8. The Balaban J connectivity index is 1.80. The number of fused-ring (bicyclic) bond motifs is 2. The second-order valence-corrected chi connectivity index (χ2v) is 6.67. The van der Waals surface area contributed by atoms with E-state index in [1.54, 1.807) is 18.2 Å². The number of aromatic nitrogens is 2. The lowest BCUT2D eigenvalue weighted by Gasteiger charge is -2.11. The molecule has 0 unspecified atom stereocenters. The van der Waals surface area contributed by atoms with Crippen LogP contribution in [0.5, 0.6) is 5.75 Å². The molecule has 0 atom stereocenters. The summed E-state index contributed by atoms with van der Waals surface area (Å²) in [5.74, 6) is -0.111. The highest BCUT2D eigenvalue weighted by molar-refractivity contribution is 5.92. The van der Waals surface area contributed by atoms with Gasteiger partial charge < -0.3 is 5.11 Å². The van der Waals surface area contributed by atoms with Gasteiger partial charge in [-0.3, -0.25) is 0 Å². The van der Waals surface area contributed by atoms with Gasteiger partial charge in [-0.25, -0.2) is 14.4 Å². The second kappa shape index (κ2) is 6.43. The number of aromatic hydroxyl groups is 1. The normalized spacial score (nSPS) is 11.2. The van der Waals surface area contributed by atoms with Gasteiger partial charge in [-0.2, -0.15) is 0 Å². The Kier molecular flexibility index (Phi) is 3.76. The highest BCUT2D eigenvalue weighted by Gasteiger charge is 2.14. The van der Waals surface area contributed by atoms with Crippen molar-refractivity contribution in [1.82, 2.24) is 9.97 Å². The van der Waals surface area contributed by atoms with E-state index in [4.69, 9.17) is 9.97 Å². The Bertz CT molecular complexity index is 1330. The van der Waals surface area contributed by atoms with Crippen LogP contribution in [0.3, 0.4) is 0 Å². The van der Waals surface area contributed by atoms with E-state index in [2.05, 4.69) is 0 Å². The van der Waals surface area contributed by atoms with Crippen LogP contribution in [0.15, 0.2) is 84.9 Å². The van der Waals surface area contributed by atoms with Crippen LogP contribution in [0.2, 0.25) is 0 Å². The van der Waals surface area contributed by atoms with Crippen LogP contribution in [0, 0.1) is 5.82 Å². The summed E-state index contributed by atoms with van der Waals surface area (Å²) in [7, 11) is 0. The van der Waals surface area contributed by atoms with Crippen LogP contribution in [0.4, 0.5) is 4.39 Å². The van der Waals surface area contributed by atoms with Crippen molar-refractivity contribution in [3.05, 3.63) is 90.7 Å². The first-order valence-electron chi connectivity index (χ1n) is 8.93. The van der Waals surface area contributed by atoms with Crippen LogP contribution < -0.4 is 0 Å². The number of rotatable bonds is 2. The van der Waals surface area contributed by atoms with Crippen molar-refractivity contribution in [1.29, 1.82) is 0 Å². The zero-order valence-electron chi connectivity index (χ0n) is 14.8. The molecule has 5 rings (SSSR count). The quantitative estimate of drug-likeness (QED) is 0.419. The Morgan fingerprint density at radius 1 is 0.607 bits per heavy atom. The predicted octanol–water partition coefficient (Wildman–Crippen LogP) is 5.96. The minimum absolute atomic E-state index is 0.228. The fraction of sp³-hybridized carbons (Fsp3) is 0. The summed E-state index contributed by atoms with van der Waals surface area (Å²) in [5.41, 5.74) is 4.44. The van der Waals surface area contributed by atoms with Gasteiger partial charge in [0.1, 0.15) is 11.6 Å². The summed E-state index contributed by atoms with van der Waals surface area (Å²) >= 11 is 0. The standard InChI is InChI=1S/C24H15FN2O/c25-19-9-11-21-22(14-19)27-24(23(26-21)15-4-2-1-3-5-15)18-7-6-17-13-20(28)10-8-16(17)12-18/h1-14,28H. The molecule has 0 aliphatic heterocycles. The third-order valence-corrected chi connectivity index (χ3v) is 4.77. The molecule has 0 fully saturated rings. The van der Waals surface area contributed by atoms with Gasteiger partial charge in [0.05, 0.1) is 22.4 Å². The molecule has 1 aromatic heterocycles. The molecule has 0 aliphatic carbocycles. The van der Waals surface area contributed by atoms with Crippen molar-refractivity contribution >= 4 is 21.8 Å². The number of phenolic OH excluding ortho intramolecular Hbond substituents is 1. The average molecular weight is 366 g/mol. The molecular weight excluding hydrogens is 351 g/mol. The molecule has 0 amide bonds. The number of benzene rings is 4. The first-order chi connectivity index (χ1) is 13.7. The van der Waals surface area contributed by atoms with Crippen LogP contribution in [0.1, 0.15) is 0 Å². The van der Waals surface area contributed by atoms with Gasteiger partial charge in [0.25, 0.3) is 0 Å². The maximum absolute atomic E-state index is 13.7. The van der Waals surface area contributed by atoms with E-state index >= 15 is 0 Å². The predicted molar refractivity (Wildman–Crippen MR) is 110 cm³/mol. The Hall–Kier alpha value is -3.79. The highest BCUT2D eigenvalue weighted by Crippen LogP contribution is 2.33. The van der Waals surface area contributed by atoms with Crippen LogP contribution in [-0.4, -0.2) is 15.1 Å². The van der Waals surface area contributed by atoms with E-state index in [1.807, 2.05) is 54.6 Å². The van der Waals surface area contributed by atoms with E-state index in [-0.39, 0.29) is 11.6 Å². The minimum atomic E-state index is -0.339. The molecule has 134 valence electrons. The van der Waals surface area contributed by atoms with Crippen LogP contribution in [-0.2, 0) is 0 Å². The molecule has 0 saturated heterocycles. The summed E-state index contributed by atoms with van der Waals surface area (Å²) in [6.07, 6.45) is 0. The molecule has 0 radical (unpaired) electrons. The topological polar surface area (TPSA) is 46.0 Å². The molecule has 4 aromatic carbocycles. The van der Waals surface area contributed by atoms with Crippen molar-refractivity contribution in [2.45, 2.75) is 0 Å². The molecule has 28 heavy (non-hydrogen) atoms. The number of nitrogens with zero attached hydrogens (tertiary/aromatic N) is 2. The molecule has 1 N–H and O–H groups in total. The lowest BCUT2D eigenvalue weighted by Crippen LogP contribution is -1.96. The largest absolute Gasteiger partial charge is 0.508 e. The van der Waals surface area contributed by atoms with E-state index in [0.29, 0.717) is 16.7 Å². The zero-order chi connectivity index (χ0) is 19.1. The number of hydrogen-bond donors (Lipinski definition) is 1. The van der Waals surface area contributed by atoms with E-state index in [1.165, 1.54) is 12.1 Å². The summed E-state index contributed by atoms with van der Waals surface area (Å²) in [6, 6.07) is 25.4. The fourth-order valence-corrected chi connectivity index (χ4v) is 3.41. The molecule has 0 saturated carbocycles. The Labute approximate surface area is 160 Å². The van der Waals surface area contributed by atoms with Crippen molar-refractivity contribution < 1.29 is 9.50 Å². The van der Waals surface area contributed by atoms with Crippen LogP contribution in [0.25, 0.3) is 44.3 Å². The van der Waals surface area contributed by atoms with Gasteiger partial charge in [0, 0.05) is 17.2 Å². The van der Waals surface area contributed by atoms with Crippen molar-refractivity contribution in [2.75, 3.05) is 0 Å². The van der Waals surface area contributed by atoms with Gasteiger partial charge >= 0.3 is 0 Å². The number of halogens is 1. The summed E-state index contributed by atoms with van der Waals surface area (Å²) < 4.78 is 13.7. The van der Waals surface area contributed by atoms with Crippen molar-refractivity contribution in [3.8, 4) is 28.3 Å². The third-order valence-electron chi connectivity index (χ3n) is 4.77. The number of phenols is 1. The average Bonchev–Trinajstić information content (AvgIpc) is 2.73. The summed E-state index contributed by atoms with van der Waals surface area (Å²) in [5, 5.41) is 11.6. The molecule has 4 heteroatoms. The SMILES string of the molecule is Oc1ccc2cc(-c3nc4cc(F)ccc4nc3-c3ccccc3)ccc2c1. The van der Waals surface area contributed by atoms with E-state index < -0.39 is 0 Å². The van der Waals surface area contributed by atoms with Crippen molar-refractivity contribution in [3.63, 3.8) is 0 Å². The maximum atomic E-state index is 13.7. The highest BCUT2D eigenvalue weighted by atomic mass is 19.1. The van der Waals surface area contributed by atoms with E-state index in [9.17, 15) is 9.50 Å². The van der Waals surface area contributed by atoms with Crippen LogP contribution >= 0.6 is 0 Å². The summed E-state index contributed by atoms with van der Waals surface area (Å²) in [4.78, 5) is 9.54. The first-order valence-corrected chi connectivity index (χ1v) is 8.93. The first kappa shape index (κ1) is 16.4. The Morgan fingerprint density at radius 2 is 1.32 bits per heavy atom. The van der Waals surface area contributed by atoms with Gasteiger partial charge in [-0.05, 0) is 41.1 Å². The van der Waals surface area contributed by atoms with Gasteiger partial charge in [0.15, 0.2) is 0 Å². The van der Waals surface area contributed by atoms with Gasteiger partial charge in [-0.1, -0.05) is 48.5 Å². The molecule has 3 nitrogen and oxygen atoms in total. The molecule has 0 spiro atoms. The molecular formula is C24H15FN2O. The smallest absolute Gasteiger partial charge is 0.125 e. The Morgan fingerprint density at radius 3 is 2.18 bits per heavy atom. The fourth-order valence-electron chi connectivity index (χ4n) is 3.41. The number of hydrogen-bond acceptors (Lipinski definition) is 3. The maximum Gasteiger partial charge on any atom is 0.125 e. The molecule has 0 aliphatic rings. The lowest BCUT2D eigenvalue weighted by atomic mass is 10.0. The third kappa shape index (κ3) is 2.85. The minimum Gasteiger partial charge on any atom is -0.508 e. The summed E-state index contributed by atoms with van der Waals surface area (Å²) in [6.45, 7) is 0. The van der Waals surface area contributed by atoms with Crippen molar-refractivity contribution in [2.24, 2.45) is 0 Å². The lowest BCUT2D eigenvalue weighted by molar-refractivity contribution is 0.476. The second-order valence-electron chi connectivity index (χ2n) is 6.67.